The standard InChI is InChI=1S/C62H92N10O15/c1-14-39(6)57(47(85-12)33-52(77)71-31-19-22-46(71)58(86-13)40(7)59(79)65-41(8)55(68-83)43-20-18-21-45(32-43)84-11)69(9)53(78)35-64-61(81)56(38(4)5)70(10)62(82)87-36-42-24-26-44(27-25-42)66-49(74)34-63-60(80)54(37(2)3)67-48(73)23-16-15-17-30-72-50(75)28-29-51(72)76/h18,20-21,24-29,32,37-41,46-47,54,56-58,83H,14-17,19,22-23,30-31,33-36H2,1-13H3,(H,63,80)(H,64,81)(H,65,79)(H,66,74)(H,67,73)/b68-55-/t39-,40+,41+,46-,47+,54?,56?,57?,58+/m0/s1. The summed E-state index contributed by atoms with van der Waals surface area (Å²) in [7, 11) is 7.52. The number of carbonyl (C=O) groups is 10. The molecule has 0 aliphatic carbocycles. The first kappa shape index (κ1) is 71.6. The number of anilines is 1. The molecule has 9 atom stereocenters. The van der Waals surface area contributed by atoms with Crippen LogP contribution in [0.25, 0.3) is 0 Å². The molecule has 2 heterocycles. The van der Waals surface area contributed by atoms with Gasteiger partial charge in [0, 0.05) is 71.2 Å². The maximum absolute atomic E-state index is 14.3. The number of carbonyl (C=O) groups excluding carboxylic acids is 10. The molecule has 0 spiro atoms. The van der Waals surface area contributed by atoms with Crippen LogP contribution in [0.5, 0.6) is 5.75 Å². The number of likely N-dealkylation sites (tertiary alicyclic amines) is 1. The Morgan fingerprint density at radius 3 is 2.03 bits per heavy atom. The molecular formula is C62H92N10O15. The first-order valence-electron chi connectivity index (χ1n) is 29.8. The van der Waals surface area contributed by atoms with E-state index in [9.17, 15) is 53.2 Å². The molecule has 6 N–H and O–H groups in total. The van der Waals surface area contributed by atoms with E-state index in [4.69, 9.17) is 18.9 Å². The molecule has 25 heteroatoms. The van der Waals surface area contributed by atoms with Crippen LogP contribution in [0.2, 0.25) is 0 Å². The average Bonchev–Trinajstić information content (AvgIpc) is 2.40. The van der Waals surface area contributed by atoms with Crippen molar-refractivity contribution in [1.29, 1.82) is 0 Å². The average molecular weight is 1220 g/mol. The summed E-state index contributed by atoms with van der Waals surface area (Å²) in [4.78, 5) is 137. The third kappa shape index (κ3) is 20.6. The third-order valence-corrected chi connectivity index (χ3v) is 16.0. The summed E-state index contributed by atoms with van der Waals surface area (Å²) in [6.45, 7) is 14.1. The summed E-state index contributed by atoms with van der Waals surface area (Å²) in [6.07, 6.45) is 3.73. The van der Waals surface area contributed by atoms with Crippen LogP contribution in [0.1, 0.15) is 118 Å². The van der Waals surface area contributed by atoms with Crippen LogP contribution in [-0.4, -0.2) is 194 Å². The zero-order chi connectivity index (χ0) is 64.7. The molecule has 0 radical (unpaired) electrons. The minimum absolute atomic E-state index is 0.0916. The van der Waals surface area contributed by atoms with Crippen LogP contribution in [-0.2, 0) is 64.0 Å². The first-order valence-corrected chi connectivity index (χ1v) is 29.8. The number of likely N-dealkylation sites (N-methyl/N-ethyl adjacent to an activating group) is 2. The van der Waals surface area contributed by atoms with Gasteiger partial charge in [0.1, 0.15) is 30.2 Å². The second-order valence-electron chi connectivity index (χ2n) is 22.9. The van der Waals surface area contributed by atoms with Crippen molar-refractivity contribution in [3.63, 3.8) is 0 Å². The maximum atomic E-state index is 14.3. The largest absolute Gasteiger partial charge is 0.497 e. The minimum atomic E-state index is -1.04. The van der Waals surface area contributed by atoms with Gasteiger partial charge < -0.3 is 60.5 Å². The molecule has 3 unspecified atom stereocenters. The fourth-order valence-corrected chi connectivity index (χ4v) is 10.9. The van der Waals surface area contributed by atoms with E-state index in [-0.39, 0.29) is 79.6 Å². The van der Waals surface area contributed by atoms with Gasteiger partial charge in [-0.15, -0.1) is 0 Å². The summed E-state index contributed by atoms with van der Waals surface area (Å²) in [5.41, 5.74) is 1.75. The highest BCUT2D eigenvalue weighted by Gasteiger charge is 2.43. The molecule has 0 aromatic heterocycles. The van der Waals surface area contributed by atoms with E-state index in [0.29, 0.717) is 67.6 Å². The van der Waals surface area contributed by atoms with E-state index >= 15 is 0 Å². The van der Waals surface area contributed by atoms with Crippen molar-refractivity contribution in [2.24, 2.45) is 28.8 Å². The Kier molecular flexibility index (Phi) is 28.8. The number of rotatable bonds is 34. The van der Waals surface area contributed by atoms with E-state index in [1.165, 1.54) is 45.4 Å². The predicted octanol–water partition coefficient (Wildman–Crippen LogP) is 4.39. The van der Waals surface area contributed by atoms with Crippen molar-refractivity contribution in [3.8, 4) is 5.75 Å². The molecule has 1 saturated heterocycles. The van der Waals surface area contributed by atoms with Crippen molar-refractivity contribution in [1.82, 2.24) is 40.9 Å². The van der Waals surface area contributed by atoms with Gasteiger partial charge in [0.05, 0.1) is 62.9 Å². The van der Waals surface area contributed by atoms with Crippen LogP contribution in [0.15, 0.2) is 65.8 Å². The molecular weight excluding hydrogens is 1120 g/mol. The highest BCUT2D eigenvalue weighted by atomic mass is 16.6. The summed E-state index contributed by atoms with van der Waals surface area (Å²) in [5.74, 6) is -4.79. The molecule has 87 heavy (non-hydrogen) atoms. The van der Waals surface area contributed by atoms with E-state index in [1.54, 1.807) is 102 Å². The fraction of sp³-hybridized carbons (Fsp3) is 0.597. The number of ether oxygens (including phenoxy) is 4. The van der Waals surface area contributed by atoms with Crippen LogP contribution in [0.4, 0.5) is 10.5 Å². The number of hydrogen-bond acceptors (Lipinski definition) is 16. The van der Waals surface area contributed by atoms with Crippen molar-refractivity contribution in [3.05, 3.63) is 71.8 Å². The molecule has 0 saturated carbocycles. The Morgan fingerprint density at radius 1 is 0.770 bits per heavy atom. The van der Waals surface area contributed by atoms with Crippen LogP contribution in [0.3, 0.4) is 0 Å². The minimum Gasteiger partial charge on any atom is -0.497 e. The number of oxime groups is 1. The topological polar surface area (TPSA) is 313 Å². The van der Waals surface area contributed by atoms with Gasteiger partial charge in [0.15, 0.2) is 0 Å². The van der Waals surface area contributed by atoms with E-state index in [0.717, 1.165) is 9.80 Å². The van der Waals surface area contributed by atoms with Crippen molar-refractivity contribution in [2.45, 2.75) is 156 Å². The summed E-state index contributed by atoms with van der Waals surface area (Å²) >= 11 is 0. The van der Waals surface area contributed by atoms with E-state index in [1.807, 2.05) is 13.8 Å². The Balaban J connectivity index is 1.26. The van der Waals surface area contributed by atoms with E-state index < -0.39 is 90.5 Å². The maximum Gasteiger partial charge on any atom is 0.410 e. The summed E-state index contributed by atoms with van der Waals surface area (Å²) in [5, 5.41) is 27.0. The van der Waals surface area contributed by atoms with Crippen LogP contribution < -0.4 is 31.3 Å². The lowest BCUT2D eigenvalue weighted by Crippen LogP contribution is -2.56. The van der Waals surface area contributed by atoms with Crippen LogP contribution in [0, 0.1) is 23.7 Å². The zero-order valence-electron chi connectivity index (χ0n) is 52.7. The SMILES string of the molecule is CC[C@H](C)C([C@@H](CC(=O)N1CCC[C@H]1[C@H](OC)[C@@H](C)C(=O)N[C@H](C)/C(=N/O)c1cccc(OC)c1)OC)N(C)C(=O)CNC(=O)C(C(C)C)N(C)C(=O)OCc1ccc(NC(=O)CNC(=O)C(NC(=O)CCCCCN2C(=O)C=CC2=O)C(C)C)cc1. The molecule has 2 aromatic rings. The molecule has 2 aliphatic heterocycles. The second-order valence-corrected chi connectivity index (χ2v) is 22.9. The Labute approximate surface area is 511 Å². The number of nitrogens with one attached hydrogen (secondary N) is 5. The quantitative estimate of drug-likeness (QED) is 0.0186. The molecule has 480 valence electrons. The van der Waals surface area contributed by atoms with Gasteiger partial charge in [-0.1, -0.05) is 90.7 Å². The van der Waals surface area contributed by atoms with Crippen LogP contribution >= 0.6 is 0 Å². The molecule has 2 aliphatic rings. The lowest BCUT2D eigenvalue weighted by Gasteiger charge is -2.39. The number of unbranched alkanes of at least 4 members (excludes halogenated alkanes) is 2. The monoisotopic (exact) mass is 1220 g/mol. The summed E-state index contributed by atoms with van der Waals surface area (Å²) < 4.78 is 22.8. The fourth-order valence-electron chi connectivity index (χ4n) is 10.9. The Hall–Kier alpha value is -7.93. The van der Waals surface area contributed by atoms with Gasteiger partial charge in [-0.05, 0) is 80.2 Å². The number of nitrogens with zero attached hydrogens (tertiary/aromatic N) is 5. The number of imide groups is 1. The van der Waals surface area contributed by atoms with Crippen molar-refractivity contribution >= 4 is 70.7 Å². The molecule has 1 fully saturated rings. The van der Waals surface area contributed by atoms with Gasteiger partial charge in [-0.2, -0.15) is 0 Å². The third-order valence-electron chi connectivity index (χ3n) is 16.0. The Morgan fingerprint density at radius 2 is 1.44 bits per heavy atom. The number of benzene rings is 2. The van der Waals surface area contributed by atoms with E-state index in [2.05, 4.69) is 31.7 Å². The predicted molar refractivity (Wildman–Crippen MR) is 324 cm³/mol. The number of methoxy groups -OCH3 is 3. The zero-order valence-corrected chi connectivity index (χ0v) is 52.7. The number of hydrogen-bond donors (Lipinski definition) is 6. The first-order chi connectivity index (χ1) is 41.3. The molecule has 4 rings (SSSR count). The second kappa shape index (κ2) is 35.0. The van der Waals surface area contributed by atoms with Gasteiger partial charge >= 0.3 is 6.09 Å². The lowest BCUT2D eigenvalue weighted by molar-refractivity contribution is -0.146. The lowest BCUT2D eigenvalue weighted by atomic mass is 9.90. The highest BCUT2D eigenvalue weighted by Crippen LogP contribution is 2.30. The van der Waals surface area contributed by atoms with Gasteiger partial charge in [-0.3, -0.25) is 53.0 Å². The van der Waals surface area contributed by atoms with Gasteiger partial charge in [-0.25, -0.2) is 4.79 Å². The smallest absolute Gasteiger partial charge is 0.410 e. The molecule has 2 aromatic carbocycles. The van der Waals surface area contributed by atoms with Crippen molar-refractivity contribution in [2.75, 3.05) is 66.9 Å². The Bertz CT molecular complexity index is 2740. The number of amides is 10. The molecule has 0 bridgehead atoms. The van der Waals surface area contributed by atoms with Gasteiger partial charge in [0.2, 0.25) is 41.4 Å². The molecule has 25 nitrogen and oxygen atoms in total. The normalized spacial score (nSPS) is 16.9. The summed E-state index contributed by atoms with van der Waals surface area (Å²) in [6, 6.07) is 9.69. The molecule has 10 amide bonds. The van der Waals surface area contributed by atoms with Gasteiger partial charge in [0.25, 0.3) is 11.8 Å². The van der Waals surface area contributed by atoms with Crippen molar-refractivity contribution < 1.29 is 72.1 Å². The highest BCUT2D eigenvalue weighted by molar-refractivity contribution is 6.13.